The highest BCUT2D eigenvalue weighted by Gasteiger charge is 2.20. The molecule has 0 unspecified atom stereocenters. The number of likely N-dealkylation sites (tertiary alicyclic amines) is 1. The summed E-state index contributed by atoms with van der Waals surface area (Å²) in [4.78, 5) is 28.1. The zero-order valence-electron chi connectivity index (χ0n) is 16.0. The van der Waals surface area contributed by atoms with Gasteiger partial charge in [0.05, 0.1) is 13.1 Å². The van der Waals surface area contributed by atoms with Crippen LogP contribution in [-0.4, -0.2) is 67.9 Å². The fourth-order valence-electron chi connectivity index (χ4n) is 3.17. The number of carbonyl (C=O) groups is 2. The van der Waals surface area contributed by atoms with E-state index >= 15 is 0 Å². The maximum atomic E-state index is 12.4. The number of nitrogens with one attached hydrogen (secondary N) is 2. The summed E-state index contributed by atoms with van der Waals surface area (Å²) in [5.41, 5.74) is 1.19. The Bertz CT molecular complexity index is 558. The van der Waals surface area contributed by atoms with Crippen LogP contribution in [0.25, 0.3) is 0 Å². The molecule has 1 aromatic carbocycles. The second kappa shape index (κ2) is 10.9. The van der Waals surface area contributed by atoms with Gasteiger partial charge in [0.2, 0.25) is 11.8 Å². The van der Waals surface area contributed by atoms with E-state index in [1.165, 1.54) is 23.3 Å². The first-order valence-corrected chi connectivity index (χ1v) is 9.61. The SMILES string of the molecule is CCCNC(=O)CN(C)C(=O)CN[C@@H](CN1CCCC1)c1ccccc1. The molecule has 2 amide bonds. The molecule has 0 radical (unpaired) electrons. The lowest BCUT2D eigenvalue weighted by Gasteiger charge is -2.26. The second-order valence-corrected chi connectivity index (χ2v) is 6.95. The zero-order valence-corrected chi connectivity index (χ0v) is 16.0. The van der Waals surface area contributed by atoms with E-state index in [2.05, 4.69) is 27.7 Å². The summed E-state index contributed by atoms with van der Waals surface area (Å²) < 4.78 is 0. The van der Waals surface area contributed by atoms with Gasteiger partial charge in [-0.25, -0.2) is 0 Å². The van der Waals surface area contributed by atoms with E-state index in [1.54, 1.807) is 7.05 Å². The minimum atomic E-state index is -0.112. The number of nitrogens with zero attached hydrogens (tertiary/aromatic N) is 2. The zero-order chi connectivity index (χ0) is 18.8. The van der Waals surface area contributed by atoms with E-state index in [4.69, 9.17) is 0 Å². The number of likely N-dealkylation sites (N-methyl/N-ethyl adjacent to an activating group) is 1. The molecule has 26 heavy (non-hydrogen) atoms. The Morgan fingerprint density at radius 3 is 2.54 bits per heavy atom. The van der Waals surface area contributed by atoms with Crippen LogP contribution < -0.4 is 10.6 Å². The number of amides is 2. The van der Waals surface area contributed by atoms with Gasteiger partial charge >= 0.3 is 0 Å². The van der Waals surface area contributed by atoms with Crippen LogP contribution in [0.2, 0.25) is 0 Å². The first kappa shape index (κ1) is 20.4. The van der Waals surface area contributed by atoms with E-state index in [1.807, 2.05) is 25.1 Å². The van der Waals surface area contributed by atoms with Crippen LogP contribution in [0, 0.1) is 0 Å². The van der Waals surface area contributed by atoms with Crippen molar-refractivity contribution in [3.8, 4) is 0 Å². The normalized spacial score (nSPS) is 15.6. The van der Waals surface area contributed by atoms with Crippen molar-refractivity contribution < 1.29 is 9.59 Å². The Hall–Kier alpha value is -1.92. The fraction of sp³-hybridized carbons (Fsp3) is 0.600. The molecule has 2 rings (SSSR count). The van der Waals surface area contributed by atoms with Crippen LogP contribution in [0.15, 0.2) is 30.3 Å². The Kier molecular flexibility index (Phi) is 8.58. The van der Waals surface area contributed by atoms with E-state index in [9.17, 15) is 9.59 Å². The summed E-state index contributed by atoms with van der Waals surface area (Å²) in [6, 6.07) is 10.4. The third kappa shape index (κ3) is 6.77. The van der Waals surface area contributed by atoms with Crippen LogP contribution in [0.4, 0.5) is 0 Å². The second-order valence-electron chi connectivity index (χ2n) is 6.95. The van der Waals surface area contributed by atoms with Crippen molar-refractivity contribution in [2.45, 2.75) is 32.2 Å². The lowest BCUT2D eigenvalue weighted by molar-refractivity contribution is -0.134. The topological polar surface area (TPSA) is 64.7 Å². The van der Waals surface area contributed by atoms with Gasteiger partial charge in [0, 0.05) is 26.2 Å². The van der Waals surface area contributed by atoms with Crippen molar-refractivity contribution in [3.63, 3.8) is 0 Å². The number of hydrogen-bond donors (Lipinski definition) is 2. The molecule has 1 aliphatic rings. The molecule has 6 heteroatoms. The molecule has 1 fully saturated rings. The molecule has 1 saturated heterocycles. The first-order chi connectivity index (χ1) is 12.6. The third-order valence-corrected chi connectivity index (χ3v) is 4.72. The van der Waals surface area contributed by atoms with Crippen LogP contribution in [-0.2, 0) is 9.59 Å². The molecule has 144 valence electrons. The van der Waals surface area contributed by atoms with Gasteiger partial charge in [0.15, 0.2) is 0 Å². The standard InChI is InChI=1S/C20H32N4O2/c1-3-11-21-19(25)16-23(2)20(26)14-22-18(15-24-12-7-8-13-24)17-9-5-4-6-10-17/h4-6,9-10,18,22H,3,7-8,11-16H2,1-2H3,(H,21,25)/t18-/m0/s1. The van der Waals surface area contributed by atoms with Crippen LogP contribution >= 0.6 is 0 Å². The average molecular weight is 361 g/mol. The van der Waals surface area contributed by atoms with Crippen LogP contribution in [0.1, 0.15) is 37.8 Å². The number of carbonyl (C=O) groups excluding carboxylic acids is 2. The summed E-state index contributed by atoms with van der Waals surface area (Å²) in [5.74, 6) is -0.182. The van der Waals surface area contributed by atoms with Crippen molar-refractivity contribution in [1.82, 2.24) is 20.4 Å². The van der Waals surface area contributed by atoms with E-state index in [-0.39, 0.29) is 30.9 Å². The summed E-state index contributed by atoms with van der Waals surface area (Å²) in [6.45, 7) is 6.12. The molecule has 1 atom stereocenters. The monoisotopic (exact) mass is 360 g/mol. The largest absolute Gasteiger partial charge is 0.355 e. The third-order valence-electron chi connectivity index (χ3n) is 4.72. The highest BCUT2D eigenvalue weighted by Crippen LogP contribution is 2.17. The van der Waals surface area contributed by atoms with E-state index in [0.29, 0.717) is 6.54 Å². The molecule has 0 bridgehead atoms. The number of hydrogen-bond acceptors (Lipinski definition) is 4. The van der Waals surface area contributed by atoms with Crippen molar-refractivity contribution in [2.24, 2.45) is 0 Å². The van der Waals surface area contributed by atoms with Gasteiger partial charge in [-0.2, -0.15) is 0 Å². The minimum Gasteiger partial charge on any atom is -0.355 e. The quantitative estimate of drug-likeness (QED) is 0.662. The number of benzene rings is 1. The molecule has 0 saturated carbocycles. The van der Waals surface area contributed by atoms with Gasteiger partial charge in [-0.3, -0.25) is 9.59 Å². The fourth-order valence-corrected chi connectivity index (χ4v) is 3.17. The van der Waals surface area contributed by atoms with Crippen molar-refractivity contribution in [2.75, 3.05) is 46.3 Å². The van der Waals surface area contributed by atoms with Gasteiger partial charge < -0.3 is 20.4 Å². The minimum absolute atomic E-state index is 0.0704. The predicted octanol–water partition coefficient (Wildman–Crippen LogP) is 1.40. The number of rotatable bonds is 10. The summed E-state index contributed by atoms with van der Waals surface area (Å²) in [7, 11) is 1.67. The van der Waals surface area contributed by atoms with Crippen LogP contribution in [0.3, 0.4) is 0 Å². The van der Waals surface area contributed by atoms with E-state index in [0.717, 1.165) is 26.1 Å². The Labute approximate surface area is 156 Å². The molecule has 0 aromatic heterocycles. The van der Waals surface area contributed by atoms with Gasteiger partial charge in [-0.05, 0) is 37.9 Å². The maximum Gasteiger partial charge on any atom is 0.239 e. The highest BCUT2D eigenvalue weighted by atomic mass is 16.2. The Balaban J connectivity index is 1.86. The van der Waals surface area contributed by atoms with Crippen molar-refractivity contribution in [3.05, 3.63) is 35.9 Å². The Morgan fingerprint density at radius 1 is 1.19 bits per heavy atom. The Morgan fingerprint density at radius 2 is 1.88 bits per heavy atom. The predicted molar refractivity (Wildman–Crippen MR) is 104 cm³/mol. The molecule has 1 heterocycles. The first-order valence-electron chi connectivity index (χ1n) is 9.61. The van der Waals surface area contributed by atoms with Gasteiger partial charge in [-0.15, -0.1) is 0 Å². The van der Waals surface area contributed by atoms with Crippen molar-refractivity contribution in [1.29, 1.82) is 0 Å². The molecule has 1 aromatic rings. The highest BCUT2D eigenvalue weighted by molar-refractivity contribution is 5.85. The maximum absolute atomic E-state index is 12.4. The lowest BCUT2D eigenvalue weighted by Crippen LogP contribution is -2.44. The van der Waals surface area contributed by atoms with Gasteiger partial charge in [0.1, 0.15) is 0 Å². The summed E-state index contributed by atoms with van der Waals surface area (Å²) >= 11 is 0. The lowest BCUT2D eigenvalue weighted by atomic mass is 10.1. The molecular weight excluding hydrogens is 328 g/mol. The molecule has 0 spiro atoms. The average Bonchev–Trinajstić information content (AvgIpc) is 3.17. The smallest absolute Gasteiger partial charge is 0.239 e. The summed E-state index contributed by atoms with van der Waals surface area (Å²) in [5, 5.41) is 6.19. The van der Waals surface area contributed by atoms with Crippen LogP contribution in [0.5, 0.6) is 0 Å². The molecule has 1 aliphatic heterocycles. The van der Waals surface area contributed by atoms with Crippen molar-refractivity contribution >= 4 is 11.8 Å². The molecular formula is C20H32N4O2. The summed E-state index contributed by atoms with van der Waals surface area (Å²) in [6.07, 6.45) is 3.38. The molecule has 2 N–H and O–H groups in total. The van der Waals surface area contributed by atoms with Gasteiger partial charge in [0.25, 0.3) is 0 Å². The molecule has 6 nitrogen and oxygen atoms in total. The van der Waals surface area contributed by atoms with E-state index < -0.39 is 0 Å². The molecule has 0 aliphatic carbocycles. The van der Waals surface area contributed by atoms with Gasteiger partial charge in [-0.1, -0.05) is 37.3 Å².